The van der Waals surface area contributed by atoms with Crippen LogP contribution in [0.15, 0.2) is 0 Å². The topological polar surface area (TPSA) is 46.2 Å². The van der Waals surface area contributed by atoms with Gasteiger partial charge in [-0.15, -0.1) is 0 Å². The van der Waals surface area contributed by atoms with Crippen molar-refractivity contribution < 1.29 is 12.3 Å². The van der Waals surface area contributed by atoms with Gasteiger partial charge in [-0.1, -0.05) is 0 Å². The summed E-state index contributed by atoms with van der Waals surface area (Å²) in [7, 11) is -6.06. The first-order valence-corrected chi connectivity index (χ1v) is 8.79. The first-order valence-electron chi connectivity index (χ1n) is 4.58. The van der Waals surface area contributed by atoms with Gasteiger partial charge in [0.15, 0.2) is 0 Å². The number of rotatable bonds is 6. The molecular formula is C7H19FNO2PS. The molecule has 0 heterocycles. The number of nitrogens with one attached hydrogen (secondary N) is 1. The second-order valence-electron chi connectivity index (χ2n) is 3.32. The average molecular weight is 231 g/mol. The Balaban J connectivity index is 4.27. The van der Waals surface area contributed by atoms with Crippen LogP contribution in [0.5, 0.6) is 0 Å². The van der Waals surface area contributed by atoms with Gasteiger partial charge in [-0.2, -0.15) is 0 Å². The van der Waals surface area contributed by atoms with Gasteiger partial charge in [-0.25, -0.2) is 0 Å². The van der Waals surface area contributed by atoms with Crippen molar-refractivity contribution in [2.75, 3.05) is 24.8 Å². The molecule has 0 amide bonds. The SMILES string of the molecule is CC[PH](CC)(CC)CNS(=O)(=O)F. The van der Waals surface area contributed by atoms with Gasteiger partial charge < -0.3 is 0 Å². The van der Waals surface area contributed by atoms with E-state index in [1.807, 2.05) is 25.5 Å². The molecule has 0 aromatic carbocycles. The Morgan fingerprint density at radius 1 is 1.15 bits per heavy atom. The summed E-state index contributed by atoms with van der Waals surface area (Å²) in [5, 5.41) is 0. The van der Waals surface area contributed by atoms with Crippen LogP contribution in [-0.2, 0) is 10.4 Å². The van der Waals surface area contributed by atoms with Crippen LogP contribution in [0.2, 0.25) is 0 Å². The molecule has 1 N–H and O–H groups in total. The predicted molar refractivity (Wildman–Crippen MR) is 58.0 cm³/mol. The number of halogens is 1. The molecule has 0 aromatic heterocycles. The fourth-order valence-corrected chi connectivity index (χ4v) is 5.53. The van der Waals surface area contributed by atoms with E-state index in [9.17, 15) is 12.3 Å². The molecule has 0 radical (unpaired) electrons. The molecule has 0 aliphatic carbocycles. The van der Waals surface area contributed by atoms with Gasteiger partial charge in [0.1, 0.15) is 0 Å². The van der Waals surface area contributed by atoms with E-state index in [1.165, 1.54) is 0 Å². The van der Waals surface area contributed by atoms with E-state index in [0.29, 0.717) is 6.29 Å². The van der Waals surface area contributed by atoms with Gasteiger partial charge in [-0.05, 0) is 0 Å². The molecule has 0 fully saturated rings. The second kappa shape index (κ2) is 5.23. The summed E-state index contributed by atoms with van der Waals surface area (Å²) < 4.78 is 34.7. The Kier molecular flexibility index (Phi) is 5.33. The molecule has 0 aliphatic rings. The predicted octanol–water partition coefficient (Wildman–Crippen LogP) is 1.56. The van der Waals surface area contributed by atoms with Crippen LogP contribution in [0, 0.1) is 0 Å². The van der Waals surface area contributed by atoms with Crippen LogP contribution >= 0.6 is 7.26 Å². The van der Waals surface area contributed by atoms with Gasteiger partial charge in [-0.3, -0.25) is 0 Å². The summed E-state index contributed by atoms with van der Waals surface area (Å²) in [6, 6.07) is 0. The summed E-state index contributed by atoms with van der Waals surface area (Å²) in [5.41, 5.74) is 0. The van der Waals surface area contributed by atoms with Gasteiger partial charge in [0.25, 0.3) is 0 Å². The first-order chi connectivity index (χ1) is 5.89. The minimum atomic E-state index is -4.50. The standard InChI is InChI=1S/C7H19FNO2PS/c1-4-12(5-2,6-3)7-9-13(8,10)11/h9,12H,4-7H2,1-3H3. The Morgan fingerprint density at radius 3 is 1.77 bits per heavy atom. The zero-order valence-electron chi connectivity index (χ0n) is 8.43. The zero-order chi connectivity index (χ0) is 10.5. The Labute approximate surface area is 80.8 Å². The van der Waals surface area contributed by atoms with Crippen molar-refractivity contribution >= 4 is 17.7 Å². The number of hydrogen-bond acceptors (Lipinski definition) is 2. The number of hydrogen-bond donors (Lipinski definition) is 1. The van der Waals surface area contributed by atoms with Crippen molar-refractivity contribution in [1.29, 1.82) is 0 Å². The van der Waals surface area contributed by atoms with Crippen molar-refractivity contribution in [3.8, 4) is 0 Å². The maximum absolute atomic E-state index is 12.2. The summed E-state index contributed by atoms with van der Waals surface area (Å²) in [5.74, 6) is 0. The minimum absolute atomic E-state index is 0.329. The molecule has 0 saturated carbocycles. The zero-order valence-corrected chi connectivity index (χ0v) is 10.2. The third kappa shape index (κ3) is 4.89. The molecule has 0 unspecified atom stereocenters. The molecule has 0 saturated heterocycles. The molecule has 6 heteroatoms. The van der Waals surface area contributed by atoms with E-state index >= 15 is 0 Å². The van der Waals surface area contributed by atoms with Crippen molar-refractivity contribution in [3.05, 3.63) is 0 Å². The van der Waals surface area contributed by atoms with Crippen LogP contribution in [0.25, 0.3) is 0 Å². The molecule has 0 aromatic rings. The van der Waals surface area contributed by atoms with E-state index in [2.05, 4.69) is 0 Å². The Bertz CT molecular complexity index is 231. The van der Waals surface area contributed by atoms with Gasteiger partial charge in [0, 0.05) is 0 Å². The summed E-state index contributed by atoms with van der Waals surface area (Å²) in [4.78, 5) is 0. The summed E-state index contributed by atoms with van der Waals surface area (Å²) in [6.45, 7) is 6.14. The van der Waals surface area contributed by atoms with Crippen molar-refractivity contribution in [2.24, 2.45) is 0 Å². The molecule has 0 atom stereocenters. The molecule has 0 bridgehead atoms. The van der Waals surface area contributed by atoms with Gasteiger partial charge >= 0.3 is 80.2 Å². The van der Waals surface area contributed by atoms with Crippen LogP contribution in [0.3, 0.4) is 0 Å². The third-order valence-corrected chi connectivity index (χ3v) is 9.04. The molecular weight excluding hydrogens is 212 g/mol. The molecule has 0 aliphatic heterocycles. The van der Waals surface area contributed by atoms with E-state index in [4.69, 9.17) is 0 Å². The van der Waals surface area contributed by atoms with E-state index in [-0.39, 0.29) is 0 Å². The molecule has 13 heavy (non-hydrogen) atoms. The van der Waals surface area contributed by atoms with Crippen molar-refractivity contribution in [2.45, 2.75) is 20.8 Å². The maximum atomic E-state index is 12.2. The summed E-state index contributed by atoms with van der Waals surface area (Å²) >= 11 is 0. The van der Waals surface area contributed by atoms with E-state index in [0.717, 1.165) is 18.5 Å². The third-order valence-electron chi connectivity index (χ3n) is 2.87. The van der Waals surface area contributed by atoms with Gasteiger partial charge in [0.05, 0.1) is 0 Å². The normalized spacial score (nSPS) is 14.5. The first kappa shape index (κ1) is 13.3. The van der Waals surface area contributed by atoms with Gasteiger partial charge in [0.2, 0.25) is 0 Å². The van der Waals surface area contributed by atoms with E-state index in [1.54, 1.807) is 0 Å². The van der Waals surface area contributed by atoms with Crippen molar-refractivity contribution in [3.63, 3.8) is 0 Å². The van der Waals surface area contributed by atoms with Crippen LogP contribution in [-0.4, -0.2) is 33.2 Å². The molecule has 0 spiro atoms. The summed E-state index contributed by atoms with van der Waals surface area (Å²) in [6.07, 6.45) is 3.29. The second-order valence-corrected chi connectivity index (χ2v) is 9.96. The molecule has 82 valence electrons. The van der Waals surface area contributed by atoms with E-state index < -0.39 is 17.7 Å². The van der Waals surface area contributed by atoms with Crippen LogP contribution in [0.4, 0.5) is 3.89 Å². The fraction of sp³-hybridized carbons (Fsp3) is 1.00. The molecule has 3 nitrogen and oxygen atoms in total. The fourth-order valence-electron chi connectivity index (χ4n) is 1.36. The van der Waals surface area contributed by atoms with Crippen LogP contribution < -0.4 is 4.72 Å². The average Bonchev–Trinajstić information content (AvgIpc) is 2.06. The quantitative estimate of drug-likeness (QED) is 0.557. The van der Waals surface area contributed by atoms with Crippen LogP contribution in [0.1, 0.15) is 20.8 Å². The molecule has 0 rings (SSSR count). The van der Waals surface area contributed by atoms with Crippen molar-refractivity contribution in [1.82, 2.24) is 4.72 Å². The monoisotopic (exact) mass is 231 g/mol. The Hall–Kier alpha value is 0.270. The Morgan fingerprint density at radius 2 is 1.54 bits per heavy atom.